The molecule has 0 aliphatic heterocycles. The van der Waals surface area contributed by atoms with Crippen molar-refractivity contribution in [1.82, 2.24) is 4.98 Å². The Labute approximate surface area is 124 Å². The first-order chi connectivity index (χ1) is 10.1. The van der Waals surface area contributed by atoms with Crippen LogP contribution in [0.15, 0.2) is 54.7 Å². The van der Waals surface area contributed by atoms with Crippen LogP contribution in [0.25, 0.3) is 10.9 Å². The summed E-state index contributed by atoms with van der Waals surface area (Å²) in [4.78, 5) is 16.2. The third kappa shape index (κ3) is 2.71. The summed E-state index contributed by atoms with van der Waals surface area (Å²) >= 11 is 6.07. The van der Waals surface area contributed by atoms with E-state index in [9.17, 15) is 9.18 Å². The maximum Gasteiger partial charge on any atom is 0.343 e. The number of esters is 1. The normalized spacial score (nSPS) is 10.6. The summed E-state index contributed by atoms with van der Waals surface area (Å²) < 4.78 is 18.4. The number of fused-ring (bicyclic) bond motifs is 1. The summed E-state index contributed by atoms with van der Waals surface area (Å²) in [5.74, 6) is -0.864. The molecule has 21 heavy (non-hydrogen) atoms. The molecule has 5 heteroatoms. The number of hydrogen-bond donors (Lipinski definition) is 0. The summed E-state index contributed by atoms with van der Waals surface area (Å²) in [5.41, 5.74) is 0.615. The molecule has 0 radical (unpaired) electrons. The van der Waals surface area contributed by atoms with Crippen LogP contribution in [0.2, 0.25) is 5.02 Å². The Morgan fingerprint density at radius 2 is 2.00 bits per heavy atom. The number of rotatable bonds is 2. The van der Waals surface area contributed by atoms with Crippen LogP contribution in [0.4, 0.5) is 4.39 Å². The van der Waals surface area contributed by atoms with Gasteiger partial charge in [0.15, 0.2) is 5.75 Å². The molecule has 0 unspecified atom stereocenters. The van der Waals surface area contributed by atoms with Crippen LogP contribution in [0, 0.1) is 5.82 Å². The summed E-state index contributed by atoms with van der Waals surface area (Å²) in [7, 11) is 0. The Bertz CT molecular complexity index is 835. The van der Waals surface area contributed by atoms with Crippen molar-refractivity contribution in [2.75, 3.05) is 0 Å². The van der Waals surface area contributed by atoms with Crippen LogP contribution in [-0.2, 0) is 0 Å². The van der Waals surface area contributed by atoms with Crippen LogP contribution in [0.1, 0.15) is 10.4 Å². The highest BCUT2D eigenvalue weighted by Crippen LogP contribution is 2.30. The highest BCUT2D eigenvalue weighted by molar-refractivity contribution is 6.35. The van der Waals surface area contributed by atoms with Crippen LogP contribution >= 0.6 is 11.6 Å². The monoisotopic (exact) mass is 301 g/mol. The zero-order chi connectivity index (χ0) is 14.8. The van der Waals surface area contributed by atoms with Crippen molar-refractivity contribution in [2.24, 2.45) is 0 Å². The van der Waals surface area contributed by atoms with E-state index >= 15 is 0 Å². The molecule has 3 nitrogen and oxygen atoms in total. The molecule has 1 heterocycles. The molecule has 0 amide bonds. The molecule has 0 atom stereocenters. The number of aromatic nitrogens is 1. The van der Waals surface area contributed by atoms with E-state index in [1.54, 1.807) is 30.5 Å². The number of pyridine rings is 1. The summed E-state index contributed by atoms with van der Waals surface area (Å²) in [6.45, 7) is 0. The van der Waals surface area contributed by atoms with Gasteiger partial charge in [0.1, 0.15) is 11.3 Å². The lowest BCUT2D eigenvalue weighted by molar-refractivity contribution is 0.0736. The lowest BCUT2D eigenvalue weighted by Crippen LogP contribution is -2.09. The predicted octanol–water partition coefficient (Wildman–Crippen LogP) is 4.25. The van der Waals surface area contributed by atoms with E-state index < -0.39 is 11.8 Å². The number of carbonyl (C=O) groups is 1. The topological polar surface area (TPSA) is 39.2 Å². The summed E-state index contributed by atoms with van der Waals surface area (Å²) in [5, 5.41) is 1.20. The van der Waals surface area contributed by atoms with Crippen LogP contribution in [0.5, 0.6) is 5.75 Å². The largest absolute Gasteiger partial charge is 0.421 e. The molecule has 0 saturated carbocycles. The number of nitrogens with zero attached hydrogens (tertiary/aromatic N) is 1. The first kappa shape index (κ1) is 13.5. The second-order valence-corrected chi connectivity index (χ2v) is 4.75. The number of ether oxygens (including phenoxy) is 1. The van der Waals surface area contributed by atoms with Gasteiger partial charge in [0.2, 0.25) is 0 Å². The van der Waals surface area contributed by atoms with Gasteiger partial charge in [-0.15, -0.1) is 0 Å². The number of carbonyl (C=O) groups excluding carboxylic acids is 1. The van der Waals surface area contributed by atoms with Crippen molar-refractivity contribution in [3.05, 3.63) is 71.1 Å². The van der Waals surface area contributed by atoms with E-state index in [2.05, 4.69) is 4.98 Å². The lowest BCUT2D eigenvalue weighted by Gasteiger charge is -2.08. The van der Waals surface area contributed by atoms with Gasteiger partial charge < -0.3 is 4.74 Å². The van der Waals surface area contributed by atoms with Crippen molar-refractivity contribution < 1.29 is 13.9 Å². The van der Waals surface area contributed by atoms with Crippen LogP contribution < -0.4 is 4.74 Å². The molecule has 0 aliphatic rings. The standard InChI is InChI=1S/C16H9ClFNO2/c17-13-6-7-14(15-12(13)5-2-8-19-15)21-16(20)10-3-1-4-11(18)9-10/h1-9H. The van der Waals surface area contributed by atoms with E-state index in [1.807, 2.05) is 0 Å². The minimum atomic E-state index is -0.649. The summed E-state index contributed by atoms with van der Waals surface area (Å²) in [6.07, 6.45) is 1.58. The average Bonchev–Trinajstić information content (AvgIpc) is 2.50. The van der Waals surface area contributed by atoms with E-state index in [0.29, 0.717) is 15.9 Å². The van der Waals surface area contributed by atoms with Crippen molar-refractivity contribution in [2.45, 2.75) is 0 Å². The Morgan fingerprint density at radius 3 is 2.81 bits per heavy atom. The SMILES string of the molecule is O=C(Oc1ccc(Cl)c2cccnc12)c1cccc(F)c1. The van der Waals surface area contributed by atoms with Crippen molar-refractivity contribution in [3.63, 3.8) is 0 Å². The zero-order valence-electron chi connectivity index (χ0n) is 10.7. The zero-order valence-corrected chi connectivity index (χ0v) is 11.5. The number of benzene rings is 2. The molecule has 3 rings (SSSR count). The van der Waals surface area contributed by atoms with Crippen molar-refractivity contribution in [3.8, 4) is 5.75 Å². The van der Waals surface area contributed by atoms with Gasteiger partial charge in [0.25, 0.3) is 0 Å². The fraction of sp³-hybridized carbons (Fsp3) is 0. The Morgan fingerprint density at radius 1 is 1.14 bits per heavy atom. The van der Waals surface area contributed by atoms with E-state index in [4.69, 9.17) is 16.3 Å². The minimum absolute atomic E-state index is 0.133. The minimum Gasteiger partial charge on any atom is -0.421 e. The van der Waals surface area contributed by atoms with Crippen molar-refractivity contribution >= 4 is 28.5 Å². The predicted molar refractivity (Wildman–Crippen MR) is 78.1 cm³/mol. The molecule has 2 aromatic carbocycles. The maximum atomic E-state index is 13.1. The van der Waals surface area contributed by atoms with Gasteiger partial charge in [-0.3, -0.25) is 4.98 Å². The average molecular weight is 302 g/mol. The van der Waals surface area contributed by atoms with E-state index in [-0.39, 0.29) is 11.3 Å². The molecular formula is C16H9ClFNO2. The molecular weight excluding hydrogens is 293 g/mol. The highest BCUT2D eigenvalue weighted by Gasteiger charge is 2.13. The van der Waals surface area contributed by atoms with Gasteiger partial charge in [0, 0.05) is 11.6 Å². The van der Waals surface area contributed by atoms with Crippen LogP contribution in [-0.4, -0.2) is 11.0 Å². The summed E-state index contributed by atoms with van der Waals surface area (Å²) in [6, 6.07) is 12.0. The molecule has 3 aromatic rings. The van der Waals surface area contributed by atoms with Gasteiger partial charge >= 0.3 is 5.97 Å². The van der Waals surface area contributed by atoms with Gasteiger partial charge in [-0.2, -0.15) is 0 Å². The molecule has 104 valence electrons. The van der Waals surface area contributed by atoms with Crippen LogP contribution in [0.3, 0.4) is 0 Å². The molecule has 0 spiro atoms. The molecule has 1 aromatic heterocycles. The second kappa shape index (κ2) is 5.50. The quantitative estimate of drug-likeness (QED) is 0.525. The molecule has 0 fully saturated rings. The number of hydrogen-bond acceptors (Lipinski definition) is 3. The lowest BCUT2D eigenvalue weighted by atomic mass is 10.2. The second-order valence-electron chi connectivity index (χ2n) is 4.34. The molecule has 0 aliphatic carbocycles. The van der Waals surface area contributed by atoms with Gasteiger partial charge in [-0.05, 0) is 42.5 Å². The third-order valence-electron chi connectivity index (χ3n) is 2.94. The van der Waals surface area contributed by atoms with E-state index in [0.717, 1.165) is 6.07 Å². The van der Waals surface area contributed by atoms with E-state index in [1.165, 1.54) is 18.2 Å². The maximum absolute atomic E-state index is 13.1. The van der Waals surface area contributed by atoms with Crippen molar-refractivity contribution in [1.29, 1.82) is 0 Å². The first-order valence-corrected chi connectivity index (χ1v) is 6.54. The fourth-order valence-corrected chi connectivity index (χ4v) is 2.18. The third-order valence-corrected chi connectivity index (χ3v) is 3.27. The number of halogens is 2. The van der Waals surface area contributed by atoms with Gasteiger partial charge in [-0.1, -0.05) is 17.7 Å². The Hall–Kier alpha value is -2.46. The smallest absolute Gasteiger partial charge is 0.343 e. The molecule has 0 saturated heterocycles. The first-order valence-electron chi connectivity index (χ1n) is 6.16. The molecule has 0 N–H and O–H groups in total. The highest BCUT2D eigenvalue weighted by atomic mass is 35.5. The Balaban J connectivity index is 1.99. The van der Waals surface area contributed by atoms with Gasteiger partial charge in [0.05, 0.1) is 10.6 Å². The fourth-order valence-electron chi connectivity index (χ4n) is 1.97. The Kier molecular flexibility index (Phi) is 3.54. The van der Waals surface area contributed by atoms with Gasteiger partial charge in [-0.25, -0.2) is 9.18 Å². The molecule has 0 bridgehead atoms.